The summed E-state index contributed by atoms with van der Waals surface area (Å²) < 4.78 is 79.0. The standard InChI is InChI=1S/C18H12F6O3/c19-17(20,21)14-9-5-4-8-13(14)16(26,27)11-10-15(25,18(22,23)24)12-6-2-1-3-7-12/h1-9,25-27H/t15-/m1/s1. The first-order valence-electron chi connectivity index (χ1n) is 7.29. The molecule has 0 saturated heterocycles. The summed E-state index contributed by atoms with van der Waals surface area (Å²) in [4.78, 5) is 0. The molecule has 0 spiro atoms. The summed E-state index contributed by atoms with van der Waals surface area (Å²) in [5.41, 5.74) is -7.20. The van der Waals surface area contributed by atoms with Crippen molar-refractivity contribution in [3.05, 3.63) is 71.3 Å². The highest BCUT2D eigenvalue weighted by molar-refractivity contribution is 5.41. The third-order valence-electron chi connectivity index (χ3n) is 3.63. The SMILES string of the molecule is OC(O)(C#C[C@@](O)(c1ccccc1)C(F)(F)F)c1ccccc1C(F)(F)F. The van der Waals surface area contributed by atoms with E-state index in [2.05, 4.69) is 0 Å². The van der Waals surface area contributed by atoms with Crippen molar-refractivity contribution in [3.8, 4) is 11.8 Å². The quantitative estimate of drug-likeness (QED) is 0.419. The van der Waals surface area contributed by atoms with Gasteiger partial charge in [0, 0.05) is 11.1 Å². The van der Waals surface area contributed by atoms with Gasteiger partial charge in [0.05, 0.1) is 5.56 Å². The van der Waals surface area contributed by atoms with E-state index in [-0.39, 0.29) is 0 Å². The van der Waals surface area contributed by atoms with Crippen LogP contribution in [0.4, 0.5) is 26.3 Å². The van der Waals surface area contributed by atoms with Crippen molar-refractivity contribution in [2.24, 2.45) is 0 Å². The Morgan fingerprint density at radius 3 is 1.59 bits per heavy atom. The van der Waals surface area contributed by atoms with E-state index in [1.807, 2.05) is 0 Å². The summed E-state index contributed by atoms with van der Waals surface area (Å²) in [5.74, 6) is -0.990. The van der Waals surface area contributed by atoms with Crippen molar-refractivity contribution in [1.82, 2.24) is 0 Å². The molecule has 0 aliphatic carbocycles. The molecular formula is C18H12F6O3. The third-order valence-corrected chi connectivity index (χ3v) is 3.63. The molecule has 2 rings (SSSR count). The minimum absolute atomic E-state index is 0.519. The molecule has 0 aliphatic heterocycles. The van der Waals surface area contributed by atoms with Gasteiger partial charge < -0.3 is 15.3 Å². The smallest absolute Gasteiger partial charge is 0.366 e. The monoisotopic (exact) mass is 390 g/mol. The van der Waals surface area contributed by atoms with Crippen LogP contribution in [0.15, 0.2) is 54.6 Å². The molecule has 3 N–H and O–H groups in total. The first kappa shape index (κ1) is 20.8. The van der Waals surface area contributed by atoms with Crippen LogP contribution in [0.2, 0.25) is 0 Å². The van der Waals surface area contributed by atoms with E-state index in [1.54, 1.807) is 0 Å². The first-order chi connectivity index (χ1) is 12.3. The Morgan fingerprint density at radius 1 is 0.630 bits per heavy atom. The van der Waals surface area contributed by atoms with Crippen LogP contribution in [0, 0.1) is 11.8 Å². The van der Waals surface area contributed by atoms with E-state index >= 15 is 0 Å². The van der Waals surface area contributed by atoms with Gasteiger partial charge in [-0.1, -0.05) is 48.5 Å². The van der Waals surface area contributed by atoms with Gasteiger partial charge in [-0.3, -0.25) is 0 Å². The number of rotatable bonds is 2. The third kappa shape index (κ3) is 4.24. The zero-order chi connectivity index (χ0) is 20.5. The maximum atomic E-state index is 13.3. The van der Waals surface area contributed by atoms with Crippen LogP contribution < -0.4 is 0 Å². The van der Waals surface area contributed by atoms with E-state index in [0.29, 0.717) is 12.1 Å². The van der Waals surface area contributed by atoms with Crippen LogP contribution in [0.1, 0.15) is 16.7 Å². The summed E-state index contributed by atoms with van der Waals surface area (Å²) in [6.07, 6.45) is -10.4. The highest BCUT2D eigenvalue weighted by Crippen LogP contribution is 2.39. The van der Waals surface area contributed by atoms with Crippen molar-refractivity contribution in [2.75, 3.05) is 0 Å². The highest BCUT2D eigenvalue weighted by Gasteiger charge is 2.54. The summed E-state index contributed by atoms with van der Waals surface area (Å²) in [5, 5.41) is 29.8. The Labute approximate surface area is 149 Å². The van der Waals surface area contributed by atoms with Crippen molar-refractivity contribution >= 4 is 0 Å². The lowest BCUT2D eigenvalue weighted by molar-refractivity contribution is -0.241. The Balaban J connectivity index is 2.60. The van der Waals surface area contributed by atoms with E-state index in [9.17, 15) is 41.7 Å². The summed E-state index contributed by atoms with van der Waals surface area (Å²) in [6.45, 7) is 0. The minimum atomic E-state index is -5.36. The van der Waals surface area contributed by atoms with Crippen LogP contribution >= 0.6 is 0 Å². The molecule has 0 aromatic heterocycles. The van der Waals surface area contributed by atoms with Crippen molar-refractivity contribution < 1.29 is 41.7 Å². The fraction of sp³-hybridized carbons (Fsp3) is 0.222. The Bertz CT molecular complexity index is 862. The molecule has 0 fully saturated rings. The topological polar surface area (TPSA) is 60.7 Å². The number of aliphatic hydroxyl groups is 3. The predicted molar refractivity (Wildman–Crippen MR) is 81.7 cm³/mol. The van der Waals surface area contributed by atoms with Crippen LogP contribution in [0.5, 0.6) is 0 Å². The molecule has 1 atom stereocenters. The van der Waals surface area contributed by atoms with E-state index < -0.39 is 40.4 Å². The Morgan fingerprint density at radius 2 is 1.11 bits per heavy atom. The molecule has 0 aliphatic rings. The fourth-order valence-corrected chi connectivity index (χ4v) is 2.27. The maximum absolute atomic E-state index is 13.3. The molecule has 3 nitrogen and oxygen atoms in total. The van der Waals surface area contributed by atoms with E-state index in [4.69, 9.17) is 0 Å². The minimum Gasteiger partial charge on any atom is -0.366 e. The molecule has 0 amide bonds. The van der Waals surface area contributed by atoms with Crippen molar-refractivity contribution in [2.45, 2.75) is 23.7 Å². The fourth-order valence-electron chi connectivity index (χ4n) is 2.27. The lowest BCUT2D eigenvalue weighted by atomic mass is 9.92. The van der Waals surface area contributed by atoms with Gasteiger partial charge in [-0.15, -0.1) is 0 Å². The molecule has 0 radical (unpaired) electrons. The predicted octanol–water partition coefficient (Wildman–Crippen LogP) is 3.30. The molecule has 2 aromatic carbocycles. The Hall–Kier alpha value is -2.54. The largest absolute Gasteiger partial charge is 0.433 e. The van der Waals surface area contributed by atoms with Gasteiger partial charge >= 0.3 is 12.4 Å². The average Bonchev–Trinajstić information content (AvgIpc) is 2.59. The number of hydrogen-bond donors (Lipinski definition) is 3. The molecule has 0 heterocycles. The molecular weight excluding hydrogens is 378 g/mol. The summed E-state index contributed by atoms with van der Waals surface area (Å²) >= 11 is 0. The van der Waals surface area contributed by atoms with Gasteiger partial charge in [0.25, 0.3) is 5.79 Å². The average molecular weight is 390 g/mol. The van der Waals surface area contributed by atoms with Crippen LogP contribution in [0.25, 0.3) is 0 Å². The van der Waals surface area contributed by atoms with Crippen LogP contribution in [-0.2, 0) is 17.6 Å². The molecule has 144 valence electrons. The lowest BCUT2D eigenvalue weighted by Crippen LogP contribution is -2.41. The van der Waals surface area contributed by atoms with Crippen LogP contribution in [0.3, 0.4) is 0 Å². The first-order valence-corrected chi connectivity index (χ1v) is 7.29. The number of benzene rings is 2. The number of alkyl halides is 6. The van der Waals surface area contributed by atoms with E-state index in [1.165, 1.54) is 30.0 Å². The maximum Gasteiger partial charge on any atom is 0.433 e. The van der Waals surface area contributed by atoms with Gasteiger partial charge in [0.15, 0.2) is 0 Å². The Kier molecular flexibility index (Phi) is 5.30. The zero-order valence-electron chi connectivity index (χ0n) is 13.3. The highest BCUT2D eigenvalue weighted by atomic mass is 19.4. The van der Waals surface area contributed by atoms with Gasteiger partial charge in [0.1, 0.15) is 0 Å². The van der Waals surface area contributed by atoms with Crippen LogP contribution in [-0.4, -0.2) is 21.5 Å². The zero-order valence-corrected chi connectivity index (χ0v) is 13.3. The molecule has 27 heavy (non-hydrogen) atoms. The second kappa shape index (κ2) is 6.88. The lowest BCUT2D eigenvalue weighted by Gasteiger charge is -2.26. The van der Waals surface area contributed by atoms with E-state index in [0.717, 1.165) is 24.3 Å². The van der Waals surface area contributed by atoms with Gasteiger partial charge in [-0.25, -0.2) is 0 Å². The molecule has 0 unspecified atom stereocenters. The normalized spacial score (nSPS) is 14.9. The summed E-state index contributed by atoms with van der Waals surface area (Å²) in [6, 6.07) is 8.68. The molecule has 0 bridgehead atoms. The molecule has 9 heteroatoms. The van der Waals surface area contributed by atoms with Crippen molar-refractivity contribution in [3.63, 3.8) is 0 Å². The number of hydrogen-bond acceptors (Lipinski definition) is 3. The number of halogens is 6. The van der Waals surface area contributed by atoms with Gasteiger partial charge in [-0.2, -0.15) is 26.3 Å². The van der Waals surface area contributed by atoms with Crippen molar-refractivity contribution in [1.29, 1.82) is 0 Å². The summed E-state index contributed by atoms with van der Waals surface area (Å²) in [7, 11) is 0. The molecule has 2 aromatic rings. The van der Waals surface area contributed by atoms with Gasteiger partial charge in [-0.05, 0) is 17.9 Å². The van der Waals surface area contributed by atoms with Gasteiger partial charge in [0.2, 0.25) is 5.60 Å². The molecule has 0 saturated carbocycles. The second-order valence-electron chi connectivity index (χ2n) is 5.54. The second-order valence-corrected chi connectivity index (χ2v) is 5.54.